The highest BCUT2D eigenvalue weighted by molar-refractivity contribution is 14.1. The van der Waals surface area contributed by atoms with Gasteiger partial charge in [0.2, 0.25) is 0 Å². The molecule has 0 fully saturated rings. The summed E-state index contributed by atoms with van der Waals surface area (Å²) in [6, 6.07) is 1.10. The van der Waals surface area contributed by atoms with Crippen LogP contribution in [0.4, 0.5) is 4.39 Å². The van der Waals surface area contributed by atoms with Crippen molar-refractivity contribution in [3.63, 3.8) is 0 Å². The Hall–Kier alpha value is -0.230. The number of pyridine rings is 1. The maximum atomic E-state index is 12.8. The van der Waals surface area contributed by atoms with E-state index in [9.17, 15) is 9.18 Å². The van der Waals surface area contributed by atoms with Gasteiger partial charge in [-0.05, 0) is 40.3 Å². The van der Waals surface area contributed by atoms with Crippen LogP contribution >= 0.6 is 34.2 Å². The highest BCUT2D eigenvalue weighted by Gasteiger charge is 2.13. The standard InChI is InChI=1S/C6H2ClFINO/c7-5(11)4-3(8)1-2-10-6(4)9/h1-2H. The zero-order valence-electron chi connectivity index (χ0n) is 5.14. The van der Waals surface area contributed by atoms with E-state index in [1.54, 1.807) is 22.6 Å². The maximum absolute atomic E-state index is 12.8. The molecule has 58 valence electrons. The Morgan fingerprint density at radius 1 is 1.73 bits per heavy atom. The minimum absolute atomic E-state index is 0.158. The fourth-order valence-electron chi connectivity index (χ4n) is 0.590. The van der Waals surface area contributed by atoms with Gasteiger partial charge >= 0.3 is 0 Å². The molecule has 0 atom stereocenters. The van der Waals surface area contributed by atoms with Crippen LogP contribution in [0.15, 0.2) is 12.3 Å². The molecule has 0 radical (unpaired) electrons. The van der Waals surface area contributed by atoms with E-state index in [-0.39, 0.29) is 9.26 Å². The van der Waals surface area contributed by atoms with Crippen molar-refractivity contribution in [3.05, 3.63) is 27.3 Å². The van der Waals surface area contributed by atoms with Crippen molar-refractivity contribution in [3.8, 4) is 0 Å². The Bertz CT molecular complexity index is 284. The molecule has 0 amide bonds. The number of hydrogen-bond acceptors (Lipinski definition) is 2. The normalized spacial score (nSPS) is 9.73. The van der Waals surface area contributed by atoms with Gasteiger partial charge in [0.25, 0.3) is 5.24 Å². The van der Waals surface area contributed by atoms with E-state index in [0.29, 0.717) is 0 Å². The number of hydrogen-bond donors (Lipinski definition) is 0. The zero-order valence-corrected chi connectivity index (χ0v) is 8.06. The Balaban J connectivity index is 3.32. The molecule has 0 aliphatic heterocycles. The molecule has 0 spiro atoms. The van der Waals surface area contributed by atoms with E-state index in [0.717, 1.165) is 6.07 Å². The molecule has 0 aromatic carbocycles. The van der Waals surface area contributed by atoms with E-state index < -0.39 is 11.1 Å². The summed E-state index contributed by atoms with van der Waals surface area (Å²) >= 11 is 6.83. The van der Waals surface area contributed by atoms with E-state index in [1.807, 2.05) is 0 Å². The van der Waals surface area contributed by atoms with Crippen LogP contribution in [0.5, 0.6) is 0 Å². The number of carbonyl (C=O) groups excluding carboxylic acids is 1. The fourth-order valence-corrected chi connectivity index (χ4v) is 1.59. The average molecular weight is 285 g/mol. The highest BCUT2D eigenvalue weighted by Crippen LogP contribution is 2.14. The van der Waals surface area contributed by atoms with Crippen molar-refractivity contribution in [2.45, 2.75) is 0 Å². The summed E-state index contributed by atoms with van der Waals surface area (Å²) in [4.78, 5) is 14.3. The summed E-state index contributed by atoms with van der Waals surface area (Å²) in [5, 5.41) is -0.819. The van der Waals surface area contributed by atoms with E-state index in [1.165, 1.54) is 6.20 Å². The quantitative estimate of drug-likeness (QED) is 0.450. The van der Waals surface area contributed by atoms with Crippen molar-refractivity contribution >= 4 is 39.4 Å². The summed E-state index contributed by atoms with van der Waals surface area (Å²) in [6.45, 7) is 0. The molecule has 5 heteroatoms. The van der Waals surface area contributed by atoms with Gasteiger partial charge < -0.3 is 0 Å². The van der Waals surface area contributed by atoms with Gasteiger partial charge in [0.15, 0.2) is 0 Å². The van der Waals surface area contributed by atoms with Gasteiger partial charge in [-0.1, -0.05) is 0 Å². The molecule has 1 aromatic rings. The molecule has 0 unspecified atom stereocenters. The summed E-state index contributed by atoms with van der Waals surface area (Å²) in [5.41, 5.74) is -0.158. The van der Waals surface area contributed by atoms with Crippen LogP contribution in [0.3, 0.4) is 0 Å². The van der Waals surface area contributed by atoms with Crippen molar-refractivity contribution < 1.29 is 9.18 Å². The Morgan fingerprint density at radius 2 is 2.36 bits per heavy atom. The number of carbonyl (C=O) groups is 1. The third-order valence-electron chi connectivity index (χ3n) is 1.05. The van der Waals surface area contributed by atoms with Crippen LogP contribution in [-0.4, -0.2) is 10.2 Å². The van der Waals surface area contributed by atoms with Crippen LogP contribution in [-0.2, 0) is 0 Å². The lowest BCUT2D eigenvalue weighted by Crippen LogP contribution is -1.99. The van der Waals surface area contributed by atoms with Crippen LogP contribution in [0.2, 0.25) is 0 Å². The average Bonchev–Trinajstić information content (AvgIpc) is 1.85. The molecule has 2 nitrogen and oxygen atoms in total. The first-order chi connectivity index (χ1) is 5.13. The molecule has 0 saturated heterocycles. The van der Waals surface area contributed by atoms with Crippen LogP contribution in [0.1, 0.15) is 10.4 Å². The molecular formula is C6H2ClFINO. The van der Waals surface area contributed by atoms with Gasteiger partial charge in [-0.2, -0.15) is 0 Å². The van der Waals surface area contributed by atoms with Crippen molar-refractivity contribution in [1.29, 1.82) is 0 Å². The van der Waals surface area contributed by atoms with Crippen LogP contribution in [0, 0.1) is 9.52 Å². The predicted molar refractivity (Wildman–Crippen MR) is 47.1 cm³/mol. The van der Waals surface area contributed by atoms with Gasteiger partial charge in [-0.3, -0.25) is 4.79 Å². The molecule has 0 N–H and O–H groups in total. The van der Waals surface area contributed by atoms with Crippen LogP contribution in [0.25, 0.3) is 0 Å². The second-order valence-electron chi connectivity index (χ2n) is 1.73. The molecule has 0 bridgehead atoms. The monoisotopic (exact) mass is 285 g/mol. The number of rotatable bonds is 1. The summed E-state index contributed by atoms with van der Waals surface area (Å²) in [6.07, 6.45) is 1.28. The molecule has 0 aliphatic carbocycles. The van der Waals surface area contributed by atoms with E-state index >= 15 is 0 Å². The molecule has 0 aliphatic rings. The summed E-state index contributed by atoms with van der Waals surface area (Å²) in [5.74, 6) is -0.635. The lowest BCUT2D eigenvalue weighted by atomic mass is 10.3. The second-order valence-corrected chi connectivity index (χ2v) is 3.10. The summed E-state index contributed by atoms with van der Waals surface area (Å²) < 4.78 is 13.0. The summed E-state index contributed by atoms with van der Waals surface area (Å²) in [7, 11) is 0. The lowest BCUT2D eigenvalue weighted by Gasteiger charge is -1.97. The number of halogens is 3. The Kier molecular flexibility index (Phi) is 2.78. The predicted octanol–water partition coefficient (Wildman–Crippen LogP) is 2.20. The highest BCUT2D eigenvalue weighted by atomic mass is 127. The minimum atomic E-state index is -0.819. The van der Waals surface area contributed by atoms with Gasteiger partial charge in [0.05, 0.1) is 0 Å². The first-order valence-electron chi connectivity index (χ1n) is 2.62. The number of aromatic nitrogens is 1. The van der Waals surface area contributed by atoms with Gasteiger partial charge in [-0.15, -0.1) is 0 Å². The van der Waals surface area contributed by atoms with Crippen molar-refractivity contribution in [1.82, 2.24) is 4.98 Å². The minimum Gasteiger partial charge on any atom is -0.275 e. The smallest absolute Gasteiger partial charge is 0.258 e. The second kappa shape index (κ2) is 3.44. The molecular weight excluding hydrogens is 283 g/mol. The topological polar surface area (TPSA) is 30.0 Å². The van der Waals surface area contributed by atoms with Gasteiger partial charge in [0, 0.05) is 6.20 Å². The molecule has 0 saturated carbocycles. The third-order valence-corrected chi connectivity index (χ3v) is 2.06. The Labute approximate surface area is 80.9 Å². The first-order valence-corrected chi connectivity index (χ1v) is 4.08. The maximum Gasteiger partial charge on any atom is 0.258 e. The molecule has 11 heavy (non-hydrogen) atoms. The molecule has 1 heterocycles. The third kappa shape index (κ3) is 1.87. The zero-order chi connectivity index (χ0) is 8.43. The molecule has 1 rings (SSSR count). The largest absolute Gasteiger partial charge is 0.275 e. The lowest BCUT2D eigenvalue weighted by molar-refractivity contribution is 0.107. The van der Waals surface area contributed by atoms with Gasteiger partial charge in [-0.25, -0.2) is 9.37 Å². The Morgan fingerprint density at radius 3 is 2.73 bits per heavy atom. The number of nitrogens with zero attached hydrogens (tertiary/aromatic N) is 1. The SMILES string of the molecule is O=C(Cl)c1c(F)ccnc1I. The van der Waals surface area contributed by atoms with Crippen molar-refractivity contribution in [2.24, 2.45) is 0 Å². The van der Waals surface area contributed by atoms with E-state index in [2.05, 4.69) is 4.98 Å². The first kappa shape index (κ1) is 8.86. The van der Waals surface area contributed by atoms with Crippen LogP contribution < -0.4 is 0 Å². The van der Waals surface area contributed by atoms with E-state index in [4.69, 9.17) is 11.6 Å². The molecule has 1 aromatic heterocycles. The van der Waals surface area contributed by atoms with Crippen molar-refractivity contribution in [2.75, 3.05) is 0 Å². The van der Waals surface area contributed by atoms with Gasteiger partial charge in [0.1, 0.15) is 15.1 Å². The fraction of sp³-hybridized carbons (Fsp3) is 0.